The molecule has 0 amide bonds. The second-order valence-electron chi connectivity index (χ2n) is 6.04. The van der Waals surface area contributed by atoms with Crippen molar-refractivity contribution < 1.29 is 18.7 Å². The zero-order valence-corrected chi connectivity index (χ0v) is 12.0. The number of esters is 1. The molecule has 2 aliphatic rings. The van der Waals surface area contributed by atoms with Gasteiger partial charge in [0.1, 0.15) is 11.6 Å². The summed E-state index contributed by atoms with van der Waals surface area (Å²) in [6.07, 6.45) is 3.35. The van der Waals surface area contributed by atoms with Crippen molar-refractivity contribution in [2.45, 2.75) is 25.7 Å². The van der Waals surface area contributed by atoms with E-state index >= 15 is 0 Å². The van der Waals surface area contributed by atoms with Gasteiger partial charge in [0.05, 0.1) is 12.7 Å². The maximum absolute atomic E-state index is 14.0. The highest BCUT2D eigenvalue weighted by Gasteiger charge is 2.45. The number of ketones is 1. The van der Waals surface area contributed by atoms with Crippen molar-refractivity contribution in [2.24, 2.45) is 5.41 Å². The summed E-state index contributed by atoms with van der Waals surface area (Å²) in [5.41, 5.74) is 0.943. The van der Waals surface area contributed by atoms with E-state index in [1.807, 2.05) is 0 Å². The molecule has 1 saturated carbocycles. The van der Waals surface area contributed by atoms with Gasteiger partial charge in [-0.05, 0) is 36.5 Å². The third kappa shape index (κ3) is 2.52. The number of nitrogens with zero attached hydrogens (tertiary/aromatic N) is 1. The van der Waals surface area contributed by atoms with E-state index in [-0.39, 0.29) is 11.0 Å². The summed E-state index contributed by atoms with van der Waals surface area (Å²) in [5.74, 6) is -0.861. The molecule has 4 nitrogen and oxygen atoms in total. The molecular formula is C16H18FNO3. The molecular weight excluding hydrogens is 273 g/mol. The largest absolute Gasteiger partial charge is 0.465 e. The van der Waals surface area contributed by atoms with Gasteiger partial charge in [-0.3, -0.25) is 4.79 Å². The van der Waals surface area contributed by atoms with Crippen LogP contribution in [0.3, 0.4) is 0 Å². The van der Waals surface area contributed by atoms with Crippen LogP contribution in [0.1, 0.15) is 36.0 Å². The molecule has 0 atom stereocenters. The molecule has 1 aliphatic heterocycles. The van der Waals surface area contributed by atoms with Crippen molar-refractivity contribution in [3.8, 4) is 0 Å². The van der Waals surface area contributed by atoms with E-state index in [2.05, 4.69) is 9.64 Å². The number of halogens is 1. The third-order valence-electron chi connectivity index (χ3n) is 4.69. The first-order valence-electron chi connectivity index (χ1n) is 7.18. The summed E-state index contributed by atoms with van der Waals surface area (Å²) >= 11 is 0. The number of benzene rings is 1. The number of anilines is 1. The topological polar surface area (TPSA) is 46.6 Å². The Balaban J connectivity index is 1.70. The molecule has 112 valence electrons. The smallest absolute Gasteiger partial charge is 0.340 e. The Morgan fingerprint density at radius 2 is 1.95 bits per heavy atom. The van der Waals surface area contributed by atoms with E-state index in [0.717, 1.165) is 31.6 Å². The molecule has 2 fully saturated rings. The molecule has 1 saturated heterocycles. The Hall–Kier alpha value is -1.91. The second kappa shape index (κ2) is 5.13. The summed E-state index contributed by atoms with van der Waals surface area (Å²) in [6.45, 7) is 1.65. The predicted molar refractivity (Wildman–Crippen MR) is 75.9 cm³/mol. The highest BCUT2D eigenvalue weighted by atomic mass is 19.1. The molecule has 5 heteroatoms. The number of carbonyl (C=O) groups excluding carboxylic acids is 2. The fourth-order valence-corrected chi connectivity index (χ4v) is 3.35. The number of hydrogen-bond acceptors (Lipinski definition) is 4. The predicted octanol–water partition coefficient (Wildman–Crippen LogP) is 2.56. The summed E-state index contributed by atoms with van der Waals surface area (Å²) in [4.78, 5) is 24.7. The Morgan fingerprint density at radius 1 is 1.29 bits per heavy atom. The van der Waals surface area contributed by atoms with Gasteiger partial charge in [0, 0.05) is 31.6 Å². The summed E-state index contributed by atoms with van der Waals surface area (Å²) in [7, 11) is 1.24. The number of Topliss-reactive ketones (excluding diaryl/α,β-unsaturated/α-hetero) is 1. The maximum atomic E-state index is 14.0. The number of piperidine rings is 1. The minimum absolute atomic E-state index is 0.0423. The SMILES string of the molecule is COC(=O)c1ccc(N2CCC3(CC2)CC(=O)C3)cc1F. The highest BCUT2D eigenvalue weighted by Crippen LogP contribution is 2.47. The maximum Gasteiger partial charge on any atom is 0.340 e. The van der Waals surface area contributed by atoms with E-state index in [9.17, 15) is 14.0 Å². The van der Waals surface area contributed by atoms with Gasteiger partial charge in [-0.25, -0.2) is 9.18 Å². The number of methoxy groups -OCH3 is 1. The lowest BCUT2D eigenvalue weighted by Gasteiger charge is -2.47. The van der Waals surface area contributed by atoms with Crippen LogP contribution in [0.4, 0.5) is 10.1 Å². The van der Waals surface area contributed by atoms with Crippen molar-refractivity contribution >= 4 is 17.4 Å². The van der Waals surface area contributed by atoms with Crippen LogP contribution in [0.2, 0.25) is 0 Å². The molecule has 0 N–H and O–H groups in total. The van der Waals surface area contributed by atoms with E-state index in [1.54, 1.807) is 6.07 Å². The zero-order chi connectivity index (χ0) is 15.0. The van der Waals surface area contributed by atoms with Gasteiger partial charge >= 0.3 is 5.97 Å². The molecule has 0 aromatic heterocycles. The third-order valence-corrected chi connectivity index (χ3v) is 4.69. The van der Waals surface area contributed by atoms with E-state index < -0.39 is 11.8 Å². The van der Waals surface area contributed by atoms with Gasteiger partial charge in [0.25, 0.3) is 0 Å². The van der Waals surface area contributed by atoms with Crippen molar-refractivity contribution in [1.82, 2.24) is 0 Å². The molecule has 1 spiro atoms. The number of ether oxygens (including phenoxy) is 1. The van der Waals surface area contributed by atoms with Gasteiger partial charge in [0.15, 0.2) is 0 Å². The Labute approximate surface area is 122 Å². The number of carbonyl (C=O) groups is 2. The molecule has 1 aromatic rings. The normalized spacial score (nSPS) is 20.3. The first-order chi connectivity index (χ1) is 10.0. The minimum Gasteiger partial charge on any atom is -0.465 e. The summed E-state index contributed by atoms with van der Waals surface area (Å²) in [5, 5.41) is 0. The minimum atomic E-state index is -0.662. The second-order valence-corrected chi connectivity index (χ2v) is 6.04. The molecule has 0 radical (unpaired) electrons. The monoisotopic (exact) mass is 291 g/mol. The standard InChI is InChI=1S/C16H18FNO3/c1-21-15(20)13-3-2-11(8-14(13)17)18-6-4-16(5-7-18)9-12(19)10-16/h2-3,8H,4-7,9-10H2,1H3. The lowest BCUT2D eigenvalue weighted by atomic mass is 9.62. The average Bonchev–Trinajstić information content (AvgIpc) is 2.46. The Kier molecular flexibility index (Phi) is 3.43. The van der Waals surface area contributed by atoms with E-state index in [1.165, 1.54) is 19.2 Å². The molecule has 0 bridgehead atoms. The van der Waals surface area contributed by atoms with Crippen molar-refractivity contribution in [3.05, 3.63) is 29.6 Å². The van der Waals surface area contributed by atoms with Crippen LogP contribution in [0.5, 0.6) is 0 Å². The zero-order valence-electron chi connectivity index (χ0n) is 12.0. The van der Waals surface area contributed by atoms with Gasteiger partial charge in [0.2, 0.25) is 0 Å². The van der Waals surface area contributed by atoms with Crippen LogP contribution in [-0.2, 0) is 9.53 Å². The highest BCUT2D eigenvalue weighted by molar-refractivity contribution is 5.90. The molecule has 1 aliphatic carbocycles. The van der Waals surface area contributed by atoms with Gasteiger partial charge in [-0.1, -0.05) is 0 Å². The number of hydrogen-bond donors (Lipinski definition) is 0. The first-order valence-corrected chi connectivity index (χ1v) is 7.18. The van der Waals surface area contributed by atoms with Gasteiger partial charge in [-0.2, -0.15) is 0 Å². The van der Waals surface area contributed by atoms with Crippen LogP contribution in [-0.4, -0.2) is 32.0 Å². The van der Waals surface area contributed by atoms with Gasteiger partial charge < -0.3 is 9.64 Å². The average molecular weight is 291 g/mol. The first kappa shape index (κ1) is 14.0. The molecule has 0 unspecified atom stereocenters. The Morgan fingerprint density at radius 3 is 2.48 bits per heavy atom. The van der Waals surface area contributed by atoms with E-state index in [4.69, 9.17) is 0 Å². The Bertz CT molecular complexity index is 581. The van der Waals surface area contributed by atoms with Crippen LogP contribution in [0, 0.1) is 11.2 Å². The molecule has 3 rings (SSSR count). The van der Waals surface area contributed by atoms with Crippen LogP contribution >= 0.6 is 0 Å². The lowest BCUT2D eigenvalue weighted by molar-refractivity contribution is -0.133. The number of rotatable bonds is 2. The quantitative estimate of drug-likeness (QED) is 0.786. The molecule has 1 heterocycles. The fraction of sp³-hybridized carbons (Fsp3) is 0.500. The molecule has 21 heavy (non-hydrogen) atoms. The van der Waals surface area contributed by atoms with Crippen molar-refractivity contribution in [2.75, 3.05) is 25.1 Å². The van der Waals surface area contributed by atoms with Crippen LogP contribution < -0.4 is 4.90 Å². The lowest BCUT2D eigenvalue weighted by Crippen LogP contribution is -2.47. The fourth-order valence-electron chi connectivity index (χ4n) is 3.35. The van der Waals surface area contributed by atoms with Crippen molar-refractivity contribution in [3.63, 3.8) is 0 Å². The summed E-state index contributed by atoms with van der Waals surface area (Å²) in [6, 6.07) is 4.60. The summed E-state index contributed by atoms with van der Waals surface area (Å²) < 4.78 is 18.5. The van der Waals surface area contributed by atoms with Gasteiger partial charge in [-0.15, -0.1) is 0 Å². The van der Waals surface area contributed by atoms with E-state index in [0.29, 0.717) is 18.6 Å². The molecule has 1 aromatic carbocycles. The van der Waals surface area contributed by atoms with Crippen LogP contribution in [0.25, 0.3) is 0 Å². The van der Waals surface area contributed by atoms with Crippen LogP contribution in [0.15, 0.2) is 18.2 Å². The van der Waals surface area contributed by atoms with Crippen molar-refractivity contribution in [1.29, 1.82) is 0 Å².